The van der Waals surface area contributed by atoms with Gasteiger partial charge in [0.15, 0.2) is 0 Å². The Bertz CT molecular complexity index is 771. The number of pyridine rings is 1. The molecule has 2 atom stereocenters. The number of aromatic nitrogens is 3. The third-order valence-electron chi connectivity index (χ3n) is 4.31. The van der Waals surface area contributed by atoms with Crippen molar-refractivity contribution in [3.05, 3.63) is 53.3 Å². The summed E-state index contributed by atoms with van der Waals surface area (Å²) in [7, 11) is 0. The van der Waals surface area contributed by atoms with Crippen LogP contribution in [0.25, 0.3) is 0 Å². The molecule has 2 aromatic rings. The summed E-state index contributed by atoms with van der Waals surface area (Å²) in [6.45, 7) is 2.91. The average molecular weight is 360 g/mol. The Morgan fingerprint density at radius 2 is 2.24 bits per heavy atom. The molecular formula is C17H18ClN5O2. The molecule has 0 unspecified atom stereocenters. The zero-order valence-corrected chi connectivity index (χ0v) is 14.5. The molecule has 3 rings (SSSR count). The summed E-state index contributed by atoms with van der Waals surface area (Å²) in [6, 6.07) is 3.70. The Kier molecular flexibility index (Phi) is 5.23. The molecule has 0 spiro atoms. The fraction of sp³-hybridized carbons (Fsp3) is 0.353. The van der Waals surface area contributed by atoms with Crippen molar-refractivity contribution in [1.82, 2.24) is 25.2 Å². The molecule has 1 fully saturated rings. The van der Waals surface area contributed by atoms with Crippen LogP contribution in [0.4, 0.5) is 0 Å². The normalized spacial score (nSPS) is 19.9. The standard InChI is InChI=1S/C17H18ClN5O2/c1-2-23-14(24)6-12(16(23)11-4-3-5-19-7-11)8-21-17(25)15-13(18)9-20-10-22-15/h3-5,7,9-10,12,16H,2,6,8H2,1H3,(H,21,25)/t12-,16-/m0/s1. The highest BCUT2D eigenvalue weighted by Crippen LogP contribution is 2.37. The maximum atomic E-state index is 12.3. The molecule has 0 aromatic carbocycles. The van der Waals surface area contributed by atoms with Crippen LogP contribution in [0.5, 0.6) is 0 Å². The summed E-state index contributed by atoms with van der Waals surface area (Å²) in [5, 5.41) is 3.03. The van der Waals surface area contributed by atoms with Gasteiger partial charge in [-0.2, -0.15) is 0 Å². The number of halogens is 1. The van der Waals surface area contributed by atoms with Crippen molar-refractivity contribution in [2.24, 2.45) is 5.92 Å². The van der Waals surface area contributed by atoms with Crippen molar-refractivity contribution in [2.45, 2.75) is 19.4 Å². The molecule has 1 saturated heterocycles. The van der Waals surface area contributed by atoms with Crippen molar-refractivity contribution in [3.63, 3.8) is 0 Å². The van der Waals surface area contributed by atoms with Crippen LogP contribution in [0.1, 0.15) is 35.4 Å². The zero-order valence-electron chi connectivity index (χ0n) is 13.7. The number of nitrogens with one attached hydrogen (secondary N) is 1. The van der Waals surface area contributed by atoms with Crippen molar-refractivity contribution in [3.8, 4) is 0 Å². The third kappa shape index (κ3) is 3.61. The Morgan fingerprint density at radius 3 is 2.92 bits per heavy atom. The second-order valence-electron chi connectivity index (χ2n) is 5.80. The van der Waals surface area contributed by atoms with Crippen molar-refractivity contribution in [2.75, 3.05) is 13.1 Å². The second kappa shape index (κ2) is 7.57. The van der Waals surface area contributed by atoms with E-state index < -0.39 is 0 Å². The van der Waals surface area contributed by atoms with Gasteiger partial charge in [-0.15, -0.1) is 0 Å². The molecule has 1 aliphatic rings. The Balaban J connectivity index is 1.75. The fourth-order valence-electron chi connectivity index (χ4n) is 3.21. The Labute approximate surface area is 150 Å². The zero-order chi connectivity index (χ0) is 17.8. The molecule has 2 amide bonds. The van der Waals surface area contributed by atoms with Gasteiger partial charge < -0.3 is 10.2 Å². The van der Waals surface area contributed by atoms with Crippen LogP contribution in [0.2, 0.25) is 5.02 Å². The monoisotopic (exact) mass is 359 g/mol. The van der Waals surface area contributed by atoms with Crippen LogP contribution in [0.15, 0.2) is 37.1 Å². The van der Waals surface area contributed by atoms with Gasteiger partial charge in [0, 0.05) is 44.0 Å². The summed E-state index contributed by atoms with van der Waals surface area (Å²) in [5.74, 6) is -0.336. The first-order chi connectivity index (χ1) is 12.1. The summed E-state index contributed by atoms with van der Waals surface area (Å²) in [4.78, 5) is 38.3. The number of hydrogen-bond acceptors (Lipinski definition) is 5. The van der Waals surface area contributed by atoms with Crippen LogP contribution < -0.4 is 5.32 Å². The molecule has 2 aromatic heterocycles. The second-order valence-corrected chi connectivity index (χ2v) is 6.21. The van der Waals surface area contributed by atoms with E-state index in [0.717, 1.165) is 5.56 Å². The highest BCUT2D eigenvalue weighted by atomic mass is 35.5. The number of hydrogen-bond donors (Lipinski definition) is 1. The largest absolute Gasteiger partial charge is 0.350 e. The van der Waals surface area contributed by atoms with Crippen LogP contribution in [-0.4, -0.2) is 44.8 Å². The minimum absolute atomic E-state index is 0.0405. The van der Waals surface area contributed by atoms with Crippen LogP contribution in [-0.2, 0) is 4.79 Å². The Morgan fingerprint density at radius 1 is 1.40 bits per heavy atom. The highest BCUT2D eigenvalue weighted by Gasteiger charge is 2.39. The molecule has 25 heavy (non-hydrogen) atoms. The first-order valence-electron chi connectivity index (χ1n) is 8.05. The molecule has 8 heteroatoms. The lowest BCUT2D eigenvalue weighted by atomic mass is 9.94. The molecule has 3 heterocycles. The van der Waals surface area contributed by atoms with Gasteiger partial charge in [0.05, 0.1) is 11.1 Å². The maximum Gasteiger partial charge on any atom is 0.271 e. The maximum absolute atomic E-state index is 12.3. The van der Waals surface area contributed by atoms with Crippen LogP contribution >= 0.6 is 11.6 Å². The van der Waals surface area contributed by atoms with E-state index >= 15 is 0 Å². The fourth-order valence-corrected chi connectivity index (χ4v) is 3.40. The van der Waals surface area contributed by atoms with Gasteiger partial charge in [-0.1, -0.05) is 17.7 Å². The van der Waals surface area contributed by atoms with E-state index in [4.69, 9.17) is 11.6 Å². The highest BCUT2D eigenvalue weighted by molar-refractivity contribution is 6.33. The topological polar surface area (TPSA) is 88.1 Å². The molecule has 130 valence electrons. The Hall–Kier alpha value is -2.54. The molecule has 0 bridgehead atoms. The number of nitrogens with zero attached hydrogens (tertiary/aromatic N) is 4. The third-order valence-corrected chi connectivity index (χ3v) is 4.59. The van der Waals surface area contributed by atoms with E-state index in [0.29, 0.717) is 19.5 Å². The number of rotatable bonds is 5. The molecular weight excluding hydrogens is 342 g/mol. The summed E-state index contributed by atoms with van der Waals surface area (Å²) >= 11 is 5.95. The molecule has 0 radical (unpaired) electrons. The lowest BCUT2D eigenvalue weighted by molar-refractivity contribution is -0.128. The van der Waals surface area contributed by atoms with E-state index in [1.54, 1.807) is 12.4 Å². The first-order valence-corrected chi connectivity index (χ1v) is 8.42. The van der Waals surface area contributed by atoms with Gasteiger partial charge >= 0.3 is 0 Å². The summed E-state index contributed by atoms with van der Waals surface area (Å²) in [5.41, 5.74) is 1.10. The quantitative estimate of drug-likeness (QED) is 0.880. The van der Waals surface area contributed by atoms with E-state index in [2.05, 4.69) is 20.3 Å². The lowest BCUT2D eigenvalue weighted by Crippen LogP contribution is -2.34. The first kappa shape index (κ1) is 17.3. The van der Waals surface area contributed by atoms with E-state index in [1.807, 2.05) is 24.0 Å². The van der Waals surface area contributed by atoms with Gasteiger partial charge in [-0.05, 0) is 18.6 Å². The van der Waals surface area contributed by atoms with E-state index in [9.17, 15) is 9.59 Å². The molecule has 7 nitrogen and oxygen atoms in total. The van der Waals surface area contributed by atoms with Gasteiger partial charge in [-0.3, -0.25) is 14.6 Å². The molecule has 0 aliphatic carbocycles. The number of likely N-dealkylation sites (tertiary alicyclic amines) is 1. The van der Waals surface area contributed by atoms with Crippen molar-refractivity contribution >= 4 is 23.4 Å². The average Bonchev–Trinajstić information content (AvgIpc) is 2.96. The van der Waals surface area contributed by atoms with E-state index in [-0.39, 0.29) is 34.5 Å². The minimum Gasteiger partial charge on any atom is -0.350 e. The number of carbonyl (C=O) groups excluding carboxylic acids is 2. The van der Waals surface area contributed by atoms with Crippen LogP contribution in [0, 0.1) is 5.92 Å². The van der Waals surface area contributed by atoms with Crippen molar-refractivity contribution in [1.29, 1.82) is 0 Å². The van der Waals surface area contributed by atoms with Crippen molar-refractivity contribution < 1.29 is 9.59 Å². The summed E-state index contributed by atoms with van der Waals surface area (Å²) < 4.78 is 0. The minimum atomic E-state index is -0.375. The lowest BCUT2D eigenvalue weighted by Gasteiger charge is -2.27. The molecule has 0 saturated carbocycles. The van der Waals surface area contributed by atoms with Gasteiger partial charge in [0.1, 0.15) is 12.0 Å². The van der Waals surface area contributed by atoms with Crippen LogP contribution in [0.3, 0.4) is 0 Å². The van der Waals surface area contributed by atoms with Gasteiger partial charge in [-0.25, -0.2) is 9.97 Å². The van der Waals surface area contributed by atoms with E-state index in [1.165, 1.54) is 12.5 Å². The summed E-state index contributed by atoms with van der Waals surface area (Å²) in [6.07, 6.45) is 6.49. The SMILES string of the molecule is CCN1C(=O)C[C@@H](CNC(=O)c2ncncc2Cl)[C@@H]1c1cccnc1. The molecule has 1 N–H and O–H groups in total. The number of amides is 2. The smallest absolute Gasteiger partial charge is 0.271 e. The van der Waals surface area contributed by atoms with Gasteiger partial charge in [0.2, 0.25) is 5.91 Å². The number of carbonyl (C=O) groups is 2. The van der Waals surface area contributed by atoms with Gasteiger partial charge in [0.25, 0.3) is 5.91 Å². The predicted molar refractivity (Wildman–Crippen MR) is 91.8 cm³/mol. The molecule has 1 aliphatic heterocycles. The predicted octanol–water partition coefficient (Wildman–Crippen LogP) is 1.86.